The smallest absolute Gasteiger partial charge is 0.337 e. The molecule has 0 aliphatic carbocycles. The predicted octanol–water partition coefficient (Wildman–Crippen LogP) is 1.19. The Kier molecular flexibility index (Phi) is 3.19. The van der Waals surface area contributed by atoms with E-state index in [1.165, 1.54) is 6.07 Å². The third-order valence-corrected chi connectivity index (χ3v) is 2.99. The molecule has 1 aliphatic heterocycles. The summed E-state index contributed by atoms with van der Waals surface area (Å²) in [6.45, 7) is 4.04. The molecule has 1 aromatic carbocycles. The molecule has 3 N–H and O–H groups in total. The summed E-state index contributed by atoms with van der Waals surface area (Å²) in [4.78, 5) is 13.1. The van der Waals surface area contributed by atoms with Crippen molar-refractivity contribution in [2.24, 2.45) is 0 Å². The largest absolute Gasteiger partial charge is 0.478 e. The Labute approximate surface area is 99.8 Å². The standard InChI is InChI=1S/C12H16N2O3/c1-8-7-17-6-5-14(8)10-4-2-3-9(11(10)13)12(15)16/h2-4,8H,5-7,13H2,1H3,(H,15,16). The number of aromatic carboxylic acids is 1. The Morgan fingerprint density at radius 1 is 1.59 bits per heavy atom. The maximum Gasteiger partial charge on any atom is 0.337 e. The van der Waals surface area contributed by atoms with Crippen LogP contribution in [-0.2, 0) is 4.74 Å². The summed E-state index contributed by atoms with van der Waals surface area (Å²) in [6.07, 6.45) is 0. The summed E-state index contributed by atoms with van der Waals surface area (Å²) in [6, 6.07) is 5.29. The van der Waals surface area contributed by atoms with Gasteiger partial charge < -0.3 is 20.5 Å². The average Bonchev–Trinajstić information content (AvgIpc) is 2.30. The van der Waals surface area contributed by atoms with Crippen molar-refractivity contribution >= 4 is 17.3 Å². The number of nitrogens with zero attached hydrogens (tertiary/aromatic N) is 1. The van der Waals surface area contributed by atoms with Crippen molar-refractivity contribution in [3.8, 4) is 0 Å². The molecule has 0 amide bonds. The van der Waals surface area contributed by atoms with Crippen LogP contribution in [-0.4, -0.2) is 36.9 Å². The zero-order valence-electron chi connectivity index (χ0n) is 9.72. The fraction of sp³-hybridized carbons (Fsp3) is 0.417. The van der Waals surface area contributed by atoms with Crippen molar-refractivity contribution < 1.29 is 14.6 Å². The maximum absolute atomic E-state index is 11.0. The number of hydrogen-bond donors (Lipinski definition) is 2. The van der Waals surface area contributed by atoms with Gasteiger partial charge in [-0.1, -0.05) is 6.07 Å². The number of nitrogens with two attached hydrogens (primary N) is 1. The average molecular weight is 236 g/mol. The lowest BCUT2D eigenvalue weighted by molar-refractivity contribution is 0.0698. The molecule has 5 nitrogen and oxygen atoms in total. The lowest BCUT2D eigenvalue weighted by Crippen LogP contribution is -2.44. The van der Waals surface area contributed by atoms with E-state index in [0.29, 0.717) is 18.9 Å². The van der Waals surface area contributed by atoms with Crippen LogP contribution >= 0.6 is 0 Å². The number of benzene rings is 1. The van der Waals surface area contributed by atoms with Crippen molar-refractivity contribution in [1.82, 2.24) is 0 Å². The minimum absolute atomic E-state index is 0.154. The van der Waals surface area contributed by atoms with E-state index >= 15 is 0 Å². The summed E-state index contributed by atoms with van der Waals surface area (Å²) < 4.78 is 5.35. The number of morpholine rings is 1. The van der Waals surface area contributed by atoms with Crippen molar-refractivity contribution in [3.05, 3.63) is 23.8 Å². The van der Waals surface area contributed by atoms with Gasteiger partial charge >= 0.3 is 5.97 Å². The lowest BCUT2D eigenvalue weighted by Gasteiger charge is -2.36. The molecule has 0 spiro atoms. The molecule has 1 fully saturated rings. The maximum atomic E-state index is 11.0. The third kappa shape index (κ3) is 2.19. The first-order valence-corrected chi connectivity index (χ1v) is 5.57. The van der Waals surface area contributed by atoms with Gasteiger partial charge in [0.1, 0.15) is 0 Å². The van der Waals surface area contributed by atoms with Crippen LogP contribution in [0.15, 0.2) is 18.2 Å². The first-order chi connectivity index (χ1) is 8.11. The van der Waals surface area contributed by atoms with Crippen LogP contribution in [0.25, 0.3) is 0 Å². The van der Waals surface area contributed by atoms with E-state index in [1.807, 2.05) is 13.0 Å². The molecule has 2 rings (SSSR count). The highest BCUT2D eigenvalue weighted by atomic mass is 16.5. The molecular formula is C12H16N2O3. The summed E-state index contributed by atoms with van der Waals surface area (Å²) in [5.41, 5.74) is 7.17. The van der Waals surface area contributed by atoms with Gasteiger partial charge in [0.25, 0.3) is 0 Å². The number of carboxylic acid groups (broad SMARTS) is 1. The Morgan fingerprint density at radius 2 is 2.35 bits per heavy atom. The quantitative estimate of drug-likeness (QED) is 0.754. The van der Waals surface area contributed by atoms with E-state index in [9.17, 15) is 4.79 Å². The summed E-state index contributed by atoms with van der Waals surface area (Å²) in [7, 11) is 0. The van der Waals surface area contributed by atoms with Crippen LogP contribution in [0.2, 0.25) is 0 Å². The van der Waals surface area contributed by atoms with Crippen molar-refractivity contribution in [2.75, 3.05) is 30.4 Å². The number of carboxylic acids is 1. The molecule has 0 aromatic heterocycles. The predicted molar refractivity (Wildman–Crippen MR) is 65.4 cm³/mol. The van der Waals surface area contributed by atoms with E-state index in [1.54, 1.807) is 6.07 Å². The molecule has 0 saturated carbocycles. The molecule has 1 aliphatic rings. The van der Waals surface area contributed by atoms with Gasteiger partial charge in [-0.25, -0.2) is 4.79 Å². The van der Waals surface area contributed by atoms with Crippen LogP contribution in [0.4, 0.5) is 11.4 Å². The zero-order valence-corrected chi connectivity index (χ0v) is 9.72. The van der Waals surface area contributed by atoms with E-state index in [0.717, 1.165) is 12.2 Å². The monoisotopic (exact) mass is 236 g/mol. The normalized spacial score (nSPS) is 20.3. The molecule has 17 heavy (non-hydrogen) atoms. The van der Waals surface area contributed by atoms with Gasteiger partial charge in [0.05, 0.1) is 30.2 Å². The van der Waals surface area contributed by atoms with E-state index < -0.39 is 5.97 Å². The number of nitrogen functional groups attached to an aromatic ring is 1. The summed E-state index contributed by atoms with van der Waals surface area (Å²) in [5, 5.41) is 9.03. The van der Waals surface area contributed by atoms with Crippen LogP contribution in [0.5, 0.6) is 0 Å². The molecule has 0 bridgehead atoms. The highest BCUT2D eigenvalue weighted by molar-refractivity contribution is 5.97. The van der Waals surface area contributed by atoms with Crippen LogP contribution in [0.3, 0.4) is 0 Å². The highest BCUT2D eigenvalue weighted by Gasteiger charge is 2.22. The van der Waals surface area contributed by atoms with Gasteiger partial charge in [-0.15, -0.1) is 0 Å². The Balaban J connectivity index is 2.38. The first-order valence-electron chi connectivity index (χ1n) is 5.57. The van der Waals surface area contributed by atoms with E-state index in [2.05, 4.69) is 4.90 Å². The number of rotatable bonds is 2. The van der Waals surface area contributed by atoms with Gasteiger partial charge in [-0.3, -0.25) is 0 Å². The molecule has 0 radical (unpaired) electrons. The Morgan fingerprint density at radius 3 is 3.00 bits per heavy atom. The summed E-state index contributed by atoms with van der Waals surface area (Å²) >= 11 is 0. The van der Waals surface area contributed by atoms with Gasteiger partial charge in [0.2, 0.25) is 0 Å². The van der Waals surface area contributed by atoms with Crippen molar-refractivity contribution in [1.29, 1.82) is 0 Å². The lowest BCUT2D eigenvalue weighted by atomic mass is 10.1. The number of anilines is 2. The van der Waals surface area contributed by atoms with Crippen LogP contribution in [0, 0.1) is 0 Å². The SMILES string of the molecule is CC1COCCN1c1cccc(C(=O)O)c1N. The molecule has 92 valence electrons. The number of carbonyl (C=O) groups is 1. The Bertz CT molecular complexity index is 434. The first kappa shape index (κ1) is 11.7. The van der Waals surface area contributed by atoms with Gasteiger partial charge in [-0.05, 0) is 19.1 Å². The molecule has 5 heteroatoms. The number of ether oxygens (including phenoxy) is 1. The fourth-order valence-electron chi connectivity index (χ4n) is 2.07. The molecule has 1 unspecified atom stereocenters. The van der Waals surface area contributed by atoms with Gasteiger partial charge in [0, 0.05) is 12.6 Å². The van der Waals surface area contributed by atoms with Gasteiger partial charge in [-0.2, -0.15) is 0 Å². The van der Waals surface area contributed by atoms with E-state index in [4.69, 9.17) is 15.6 Å². The van der Waals surface area contributed by atoms with Crippen molar-refractivity contribution in [2.45, 2.75) is 13.0 Å². The molecular weight excluding hydrogens is 220 g/mol. The van der Waals surface area contributed by atoms with Crippen molar-refractivity contribution in [3.63, 3.8) is 0 Å². The Hall–Kier alpha value is -1.75. The molecule has 1 saturated heterocycles. The molecule has 1 heterocycles. The second-order valence-corrected chi connectivity index (χ2v) is 4.16. The fourth-order valence-corrected chi connectivity index (χ4v) is 2.07. The minimum Gasteiger partial charge on any atom is -0.478 e. The minimum atomic E-state index is -0.995. The van der Waals surface area contributed by atoms with Gasteiger partial charge in [0.15, 0.2) is 0 Å². The zero-order chi connectivity index (χ0) is 12.4. The van der Waals surface area contributed by atoms with Crippen LogP contribution < -0.4 is 10.6 Å². The molecule has 1 aromatic rings. The highest BCUT2D eigenvalue weighted by Crippen LogP contribution is 2.29. The summed E-state index contributed by atoms with van der Waals surface area (Å²) in [5.74, 6) is -0.995. The third-order valence-electron chi connectivity index (χ3n) is 2.99. The topological polar surface area (TPSA) is 75.8 Å². The van der Waals surface area contributed by atoms with E-state index in [-0.39, 0.29) is 11.6 Å². The second kappa shape index (κ2) is 4.63. The molecule has 1 atom stereocenters. The second-order valence-electron chi connectivity index (χ2n) is 4.16. The number of para-hydroxylation sites is 1. The van der Waals surface area contributed by atoms with Crippen LogP contribution in [0.1, 0.15) is 17.3 Å². The number of hydrogen-bond acceptors (Lipinski definition) is 4.